The van der Waals surface area contributed by atoms with E-state index in [4.69, 9.17) is 15.2 Å². The number of fused-ring (bicyclic) bond motifs is 1. The summed E-state index contributed by atoms with van der Waals surface area (Å²) < 4.78 is 13.1. The van der Waals surface area contributed by atoms with E-state index >= 15 is 0 Å². The predicted octanol–water partition coefficient (Wildman–Crippen LogP) is 2.16. The van der Waals surface area contributed by atoms with Gasteiger partial charge in [-0.1, -0.05) is 6.07 Å². The first kappa shape index (κ1) is 14.7. The lowest BCUT2D eigenvalue weighted by atomic mass is 10.1. The normalized spacial score (nSPS) is 13.7. The zero-order valence-electron chi connectivity index (χ0n) is 12.7. The van der Waals surface area contributed by atoms with Gasteiger partial charge in [-0.15, -0.1) is 0 Å². The quantitative estimate of drug-likeness (QED) is 0.943. The Morgan fingerprint density at radius 3 is 2.64 bits per heavy atom. The second-order valence-electron chi connectivity index (χ2n) is 5.21. The van der Waals surface area contributed by atoms with Gasteiger partial charge in [-0.25, -0.2) is 0 Å². The van der Waals surface area contributed by atoms with Crippen LogP contribution in [0.4, 0.5) is 0 Å². The molecule has 0 radical (unpaired) electrons. The van der Waals surface area contributed by atoms with Gasteiger partial charge < -0.3 is 19.8 Å². The zero-order valence-corrected chi connectivity index (χ0v) is 12.7. The zero-order chi connectivity index (χ0) is 15.5. The third-order valence-electron chi connectivity index (χ3n) is 3.83. The highest BCUT2D eigenvalue weighted by Crippen LogP contribution is 2.34. The molecule has 0 saturated carbocycles. The predicted molar refractivity (Wildman–Crippen MR) is 85.3 cm³/mol. The third kappa shape index (κ3) is 2.60. The molecule has 0 fully saturated rings. The highest BCUT2D eigenvalue weighted by atomic mass is 16.5. The maximum Gasteiger partial charge on any atom is 0.255 e. The second-order valence-corrected chi connectivity index (χ2v) is 5.21. The van der Waals surface area contributed by atoms with Crippen LogP contribution >= 0.6 is 0 Å². The van der Waals surface area contributed by atoms with Gasteiger partial charge in [0.15, 0.2) is 11.5 Å². The van der Waals surface area contributed by atoms with E-state index in [2.05, 4.69) is 0 Å². The number of aromatic nitrogens is 1. The molecule has 0 atom stereocenters. The largest absolute Gasteiger partial charge is 0.490 e. The van der Waals surface area contributed by atoms with Crippen molar-refractivity contribution in [1.29, 1.82) is 0 Å². The summed E-state index contributed by atoms with van der Waals surface area (Å²) in [6.45, 7) is 4.10. The van der Waals surface area contributed by atoms with Crippen LogP contribution in [0.5, 0.6) is 11.5 Å². The van der Waals surface area contributed by atoms with E-state index < -0.39 is 0 Å². The van der Waals surface area contributed by atoms with E-state index in [0.717, 1.165) is 29.2 Å². The summed E-state index contributed by atoms with van der Waals surface area (Å²) in [6, 6.07) is 9.52. The Morgan fingerprint density at radius 2 is 1.91 bits per heavy atom. The molecular formula is C17H20N2O3. The fourth-order valence-corrected chi connectivity index (χ4v) is 2.67. The molecule has 0 aliphatic carbocycles. The summed E-state index contributed by atoms with van der Waals surface area (Å²) in [6.07, 6.45) is 0.870. The summed E-state index contributed by atoms with van der Waals surface area (Å²) >= 11 is 0. The minimum Gasteiger partial charge on any atom is -0.490 e. The molecule has 2 N–H and O–H groups in total. The molecule has 1 aliphatic rings. The van der Waals surface area contributed by atoms with Crippen molar-refractivity contribution in [3.63, 3.8) is 0 Å². The third-order valence-corrected chi connectivity index (χ3v) is 3.83. The Morgan fingerprint density at radius 1 is 1.14 bits per heavy atom. The van der Waals surface area contributed by atoms with Crippen LogP contribution in [-0.2, 0) is 13.1 Å². The topological polar surface area (TPSA) is 66.5 Å². The van der Waals surface area contributed by atoms with Gasteiger partial charge in [0, 0.05) is 30.6 Å². The SMILES string of the molecule is CCn1c(-c2ccc3c(c2)OCCCO3)ccc(CN)c1=O. The number of hydrogen-bond acceptors (Lipinski definition) is 4. The molecule has 2 heterocycles. The number of nitrogens with two attached hydrogens (primary N) is 1. The van der Waals surface area contributed by atoms with Crippen molar-refractivity contribution in [3.05, 3.63) is 46.2 Å². The van der Waals surface area contributed by atoms with Gasteiger partial charge in [0.1, 0.15) is 0 Å². The van der Waals surface area contributed by atoms with E-state index in [1.165, 1.54) is 0 Å². The average Bonchev–Trinajstić information content (AvgIpc) is 2.79. The van der Waals surface area contributed by atoms with Crippen molar-refractivity contribution < 1.29 is 9.47 Å². The van der Waals surface area contributed by atoms with Gasteiger partial charge >= 0.3 is 0 Å². The number of hydrogen-bond donors (Lipinski definition) is 1. The fraction of sp³-hybridized carbons (Fsp3) is 0.353. The molecule has 22 heavy (non-hydrogen) atoms. The maximum atomic E-state index is 12.4. The van der Waals surface area contributed by atoms with Crippen LogP contribution in [0.1, 0.15) is 18.9 Å². The molecule has 1 aromatic carbocycles. The van der Waals surface area contributed by atoms with Gasteiger partial charge in [0.25, 0.3) is 5.56 Å². The standard InChI is InChI=1S/C17H20N2O3/c1-2-19-14(6-4-13(11-18)17(19)20)12-5-7-15-16(10-12)22-9-3-8-21-15/h4-7,10H,2-3,8-9,11,18H2,1H3. The first-order chi connectivity index (χ1) is 10.7. The smallest absolute Gasteiger partial charge is 0.255 e. The summed E-state index contributed by atoms with van der Waals surface area (Å²) in [5, 5.41) is 0. The number of ether oxygens (including phenoxy) is 2. The molecule has 0 amide bonds. The van der Waals surface area contributed by atoms with Gasteiger partial charge in [-0.05, 0) is 31.2 Å². The number of rotatable bonds is 3. The lowest BCUT2D eigenvalue weighted by Crippen LogP contribution is -2.25. The Labute approximate surface area is 129 Å². The highest BCUT2D eigenvalue weighted by molar-refractivity contribution is 5.64. The van der Waals surface area contributed by atoms with Crippen LogP contribution in [0.2, 0.25) is 0 Å². The lowest BCUT2D eigenvalue weighted by Gasteiger charge is -2.14. The monoisotopic (exact) mass is 300 g/mol. The molecule has 0 saturated heterocycles. The molecule has 0 bridgehead atoms. The van der Waals surface area contributed by atoms with Crippen molar-refractivity contribution in [2.75, 3.05) is 13.2 Å². The van der Waals surface area contributed by atoms with Crippen LogP contribution in [-0.4, -0.2) is 17.8 Å². The van der Waals surface area contributed by atoms with E-state index in [0.29, 0.717) is 25.3 Å². The van der Waals surface area contributed by atoms with Gasteiger partial charge in [-0.2, -0.15) is 0 Å². The molecule has 1 aromatic heterocycles. The summed E-state index contributed by atoms with van der Waals surface area (Å²) in [5.41, 5.74) is 8.01. The van der Waals surface area contributed by atoms with Crippen molar-refractivity contribution in [2.24, 2.45) is 5.73 Å². The molecule has 0 unspecified atom stereocenters. The number of benzene rings is 1. The Kier molecular flexibility index (Phi) is 4.15. The molecule has 2 aromatic rings. The van der Waals surface area contributed by atoms with Crippen molar-refractivity contribution in [2.45, 2.75) is 26.4 Å². The number of pyridine rings is 1. The fourth-order valence-electron chi connectivity index (χ4n) is 2.67. The molecule has 3 rings (SSSR count). The first-order valence-electron chi connectivity index (χ1n) is 7.57. The Hall–Kier alpha value is -2.27. The van der Waals surface area contributed by atoms with E-state index in [1.807, 2.05) is 31.2 Å². The highest BCUT2D eigenvalue weighted by Gasteiger charge is 2.14. The maximum absolute atomic E-state index is 12.4. The van der Waals surface area contributed by atoms with Gasteiger partial charge in [-0.3, -0.25) is 4.79 Å². The molecule has 5 nitrogen and oxygen atoms in total. The minimum absolute atomic E-state index is 0.0328. The Balaban J connectivity index is 2.10. The summed E-state index contributed by atoms with van der Waals surface area (Å²) in [5.74, 6) is 1.48. The van der Waals surface area contributed by atoms with Crippen LogP contribution in [0.3, 0.4) is 0 Å². The van der Waals surface area contributed by atoms with Gasteiger partial charge in [0.05, 0.1) is 18.9 Å². The van der Waals surface area contributed by atoms with Crippen LogP contribution in [0.25, 0.3) is 11.3 Å². The van der Waals surface area contributed by atoms with Crippen molar-refractivity contribution >= 4 is 0 Å². The molecule has 5 heteroatoms. The van der Waals surface area contributed by atoms with Crippen LogP contribution < -0.4 is 20.8 Å². The summed E-state index contributed by atoms with van der Waals surface area (Å²) in [7, 11) is 0. The van der Waals surface area contributed by atoms with Crippen molar-refractivity contribution in [3.8, 4) is 22.8 Å². The van der Waals surface area contributed by atoms with E-state index in [1.54, 1.807) is 10.6 Å². The summed E-state index contributed by atoms with van der Waals surface area (Å²) in [4.78, 5) is 12.4. The molecular weight excluding hydrogens is 280 g/mol. The van der Waals surface area contributed by atoms with Crippen LogP contribution in [0, 0.1) is 0 Å². The van der Waals surface area contributed by atoms with Gasteiger partial charge in [0.2, 0.25) is 0 Å². The molecule has 116 valence electrons. The lowest BCUT2D eigenvalue weighted by molar-refractivity contribution is 0.297. The van der Waals surface area contributed by atoms with Crippen molar-refractivity contribution in [1.82, 2.24) is 4.57 Å². The van der Waals surface area contributed by atoms with E-state index in [-0.39, 0.29) is 12.1 Å². The Bertz CT molecular complexity index is 737. The van der Waals surface area contributed by atoms with Crippen LogP contribution in [0.15, 0.2) is 35.1 Å². The second kappa shape index (κ2) is 6.23. The molecule has 0 spiro atoms. The first-order valence-corrected chi connectivity index (χ1v) is 7.57. The number of nitrogens with zero attached hydrogens (tertiary/aromatic N) is 1. The molecule has 1 aliphatic heterocycles. The average molecular weight is 300 g/mol. The van der Waals surface area contributed by atoms with E-state index in [9.17, 15) is 4.79 Å². The minimum atomic E-state index is -0.0328.